The van der Waals surface area contributed by atoms with Crippen LogP contribution in [0.4, 0.5) is 10.5 Å². The van der Waals surface area contributed by atoms with Gasteiger partial charge in [-0.05, 0) is 32.9 Å². The van der Waals surface area contributed by atoms with E-state index in [-0.39, 0.29) is 12.5 Å². The second-order valence-corrected chi connectivity index (χ2v) is 6.02. The summed E-state index contributed by atoms with van der Waals surface area (Å²) >= 11 is 0. The summed E-state index contributed by atoms with van der Waals surface area (Å²) in [7, 11) is 0. The van der Waals surface area contributed by atoms with E-state index in [4.69, 9.17) is 9.47 Å². The van der Waals surface area contributed by atoms with Crippen molar-refractivity contribution in [3.8, 4) is 0 Å². The molecule has 1 fully saturated rings. The number of pyridine rings is 1. The van der Waals surface area contributed by atoms with Crippen molar-refractivity contribution in [1.82, 2.24) is 9.88 Å². The molecule has 1 aliphatic heterocycles. The molecule has 1 aromatic rings. The highest BCUT2D eigenvalue weighted by Gasteiger charge is 2.31. The number of aromatic nitrogens is 1. The Hall–Kier alpha value is -2.15. The number of rotatable bonds is 2. The van der Waals surface area contributed by atoms with Crippen LogP contribution in [0.2, 0.25) is 0 Å². The van der Waals surface area contributed by atoms with E-state index in [1.165, 1.54) is 4.90 Å². The molecule has 120 valence electrons. The number of ether oxygens (including phenoxy) is 2. The van der Waals surface area contributed by atoms with Gasteiger partial charge < -0.3 is 19.7 Å². The van der Waals surface area contributed by atoms with E-state index in [9.17, 15) is 9.59 Å². The van der Waals surface area contributed by atoms with Crippen molar-refractivity contribution in [2.45, 2.75) is 32.5 Å². The fraction of sp³-hybridized carbons (Fsp3) is 0.533. The first kappa shape index (κ1) is 16.2. The van der Waals surface area contributed by atoms with E-state index in [0.717, 1.165) is 0 Å². The smallest absolute Gasteiger partial charge is 0.410 e. The molecule has 0 aliphatic carbocycles. The van der Waals surface area contributed by atoms with Gasteiger partial charge in [0.15, 0.2) is 6.10 Å². The van der Waals surface area contributed by atoms with Gasteiger partial charge >= 0.3 is 6.09 Å². The fourth-order valence-electron chi connectivity index (χ4n) is 1.96. The molecule has 0 bridgehead atoms. The summed E-state index contributed by atoms with van der Waals surface area (Å²) in [4.78, 5) is 29.6. The Kier molecular flexibility index (Phi) is 4.97. The summed E-state index contributed by atoms with van der Waals surface area (Å²) in [5, 5.41) is 2.71. The average molecular weight is 307 g/mol. The maximum absolute atomic E-state index is 12.2. The lowest BCUT2D eigenvalue weighted by molar-refractivity contribution is -0.132. The second-order valence-electron chi connectivity index (χ2n) is 6.02. The Bertz CT molecular complexity index is 527. The van der Waals surface area contributed by atoms with Gasteiger partial charge in [0.2, 0.25) is 0 Å². The molecule has 7 nitrogen and oxygen atoms in total. The summed E-state index contributed by atoms with van der Waals surface area (Å²) in [6.07, 6.45) is 2.01. The molecule has 1 N–H and O–H groups in total. The van der Waals surface area contributed by atoms with Crippen LogP contribution in [0.15, 0.2) is 24.5 Å². The predicted molar refractivity (Wildman–Crippen MR) is 80.4 cm³/mol. The Labute approximate surface area is 129 Å². The van der Waals surface area contributed by atoms with Crippen LogP contribution < -0.4 is 5.32 Å². The molecule has 0 spiro atoms. The lowest BCUT2D eigenvalue weighted by Gasteiger charge is -2.33. The van der Waals surface area contributed by atoms with E-state index < -0.39 is 17.8 Å². The van der Waals surface area contributed by atoms with Crippen molar-refractivity contribution in [3.05, 3.63) is 24.5 Å². The SMILES string of the molecule is CC(C)(C)OC(=O)N1CCOC(C(=O)Nc2cccnc2)C1. The zero-order valence-electron chi connectivity index (χ0n) is 13.0. The van der Waals surface area contributed by atoms with Gasteiger partial charge in [-0.2, -0.15) is 0 Å². The highest BCUT2D eigenvalue weighted by Crippen LogP contribution is 2.14. The van der Waals surface area contributed by atoms with Gasteiger partial charge in [-0.3, -0.25) is 9.78 Å². The molecule has 7 heteroatoms. The molecule has 1 saturated heterocycles. The molecule has 2 amide bonds. The van der Waals surface area contributed by atoms with Gasteiger partial charge in [0, 0.05) is 12.7 Å². The number of carbonyl (C=O) groups excluding carboxylic acids is 2. The van der Waals surface area contributed by atoms with Crippen LogP contribution in [0.25, 0.3) is 0 Å². The van der Waals surface area contributed by atoms with Gasteiger partial charge in [-0.1, -0.05) is 0 Å². The normalized spacial score (nSPS) is 18.7. The van der Waals surface area contributed by atoms with Crippen LogP contribution in [0.5, 0.6) is 0 Å². The van der Waals surface area contributed by atoms with E-state index in [2.05, 4.69) is 10.3 Å². The summed E-state index contributed by atoms with van der Waals surface area (Å²) < 4.78 is 10.8. The third kappa shape index (κ3) is 4.70. The Morgan fingerprint density at radius 3 is 2.86 bits per heavy atom. The standard InChI is InChI=1S/C15H21N3O4/c1-15(2,3)22-14(20)18-7-8-21-12(10-18)13(19)17-11-5-4-6-16-9-11/h4-6,9,12H,7-8,10H2,1-3H3,(H,17,19). The topological polar surface area (TPSA) is 80.8 Å². The van der Waals surface area contributed by atoms with Gasteiger partial charge in [-0.15, -0.1) is 0 Å². The number of carbonyl (C=O) groups is 2. The Balaban J connectivity index is 1.92. The lowest BCUT2D eigenvalue weighted by atomic mass is 10.2. The molecule has 0 radical (unpaired) electrons. The molecule has 22 heavy (non-hydrogen) atoms. The van der Waals surface area contributed by atoms with Crippen molar-refractivity contribution in [2.24, 2.45) is 0 Å². The number of hydrogen-bond donors (Lipinski definition) is 1. The molecule has 2 heterocycles. The van der Waals surface area contributed by atoms with Crippen molar-refractivity contribution < 1.29 is 19.1 Å². The first-order chi connectivity index (χ1) is 10.3. The van der Waals surface area contributed by atoms with Gasteiger partial charge in [0.25, 0.3) is 5.91 Å². The van der Waals surface area contributed by atoms with E-state index in [0.29, 0.717) is 18.8 Å². The van der Waals surface area contributed by atoms with E-state index >= 15 is 0 Å². The minimum Gasteiger partial charge on any atom is -0.444 e. The second kappa shape index (κ2) is 6.74. The van der Waals surface area contributed by atoms with E-state index in [1.54, 1.807) is 45.3 Å². The Morgan fingerprint density at radius 2 is 2.23 bits per heavy atom. The van der Waals surface area contributed by atoms with Crippen molar-refractivity contribution in [2.75, 3.05) is 25.0 Å². The number of nitrogens with one attached hydrogen (secondary N) is 1. The minimum absolute atomic E-state index is 0.168. The summed E-state index contributed by atoms with van der Waals surface area (Å²) in [6.45, 7) is 6.28. The molecule has 1 unspecified atom stereocenters. The van der Waals surface area contributed by atoms with Gasteiger partial charge in [0.1, 0.15) is 5.60 Å². The molecule has 1 atom stereocenters. The monoisotopic (exact) mass is 307 g/mol. The minimum atomic E-state index is -0.721. The highest BCUT2D eigenvalue weighted by molar-refractivity contribution is 5.94. The molecule has 1 aliphatic rings. The Morgan fingerprint density at radius 1 is 1.45 bits per heavy atom. The molecule has 1 aromatic heterocycles. The third-order valence-electron chi connectivity index (χ3n) is 2.94. The molecule has 0 saturated carbocycles. The zero-order valence-corrected chi connectivity index (χ0v) is 13.0. The number of amides is 2. The first-order valence-corrected chi connectivity index (χ1v) is 7.15. The number of morpholine rings is 1. The summed E-state index contributed by atoms with van der Waals surface area (Å²) in [5.41, 5.74) is 0.0218. The largest absolute Gasteiger partial charge is 0.444 e. The predicted octanol–water partition coefficient (Wildman–Crippen LogP) is 1.66. The van der Waals surface area contributed by atoms with Crippen molar-refractivity contribution >= 4 is 17.7 Å². The lowest BCUT2D eigenvalue weighted by Crippen LogP contribution is -2.51. The van der Waals surface area contributed by atoms with Crippen LogP contribution in [-0.4, -0.2) is 53.3 Å². The van der Waals surface area contributed by atoms with E-state index in [1.807, 2.05) is 0 Å². The maximum Gasteiger partial charge on any atom is 0.410 e. The molecule has 0 aromatic carbocycles. The maximum atomic E-state index is 12.2. The van der Waals surface area contributed by atoms with Crippen molar-refractivity contribution in [1.29, 1.82) is 0 Å². The first-order valence-electron chi connectivity index (χ1n) is 7.15. The molecular weight excluding hydrogens is 286 g/mol. The number of nitrogens with zero attached hydrogens (tertiary/aromatic N) is 2. The van der Waals surface area contributed by atoms with Crippen molar-refractivity contribution in [3.63, 3.8) is 0 Å². The third-order valence-corrected chi connectivity index (χ3v) is 2.94. The van der Waals surface area contributed by atoms with Crippen LogP contribution in [0.1, 0.15) is 20.8 Å². The quantitative estimate of drug-likeness (QED) is 0.898. The number of anilines is 1. The average Bonchev–Trinajstić information content (AvgIpc) is 2.46. The van der Waals surface area contributed by atoms with Crippen LogP contribution in [-0.2, 0) is 14.3 Å². The fourth-order valence-corrected chi connectivity index (χ4v) is 1.96. The van der Waals surface area contributed by atoms with Crippen LogP contribution in [0, 0.1) is 0 Å². The number of hydrogen-bond acceptors (Lipinski definition) is 5. The summed E-state index contributed by atoms with van der Waals surface area (Å²) in [5.74, 6) is -0.304. The summed E-state index contributed by atoms with van der Waals surface area (Å²) in [6, 6.07) is 3.46. The molecule has 2 rings (SSSR count). The van der Waals surface area contributed by atoms with Gasteiger partial charge in [-0.25, -0.2) is 4.79 Å². The van der Waals surface area contributed by atoms with Crippen LogP contribution in [0.3, 0.4) is 0 Å². The molecular formula is C15H21N3O4. The van der Waals surface area contributed by atoms with Crippen LogP contribution >= 0.6 is 0 Å². The zero-order chi connectivity index (χ0) is 16.2. The van der Waals surface area contributed by atoms with Gasteiger partial charge in [0.05, 0.1) is 25.0 Å². The highest BCUT2D eigenvalue weighted by atomic mass is 16.6.